The fourth-order valence-corrected chi connectivity index (χ4v) is 1.44. The summed E-state index contributed by atoms with van der Waals surface area (Å²) in [5.74, 6) is 0. The van der Waals surface area contributed by atoms with Crippen LogP contribution in [0.4, 0.5) is 18.9 Å². The third kappa shape index (κ3) is 4.84. The molecular formula is C12H9F3FeN2O2. The van der Waals surface area contributed by atoms with Gasteiger partial charge in [0.2, 0.25) is 0 Å². The summed E-state index contributed by atoms with van der Waals surface area (Å²) in [5, 5.41) is 27.2. The quantitative estimate of drug-likeness (QED) is 0.662. The van der Waals surface area contributed by atoms with Crippen LogP contribution in [0.5, 0.6) is 0 Å². The Bertz CT molecular complexity index is 517. The van der Waals surface area contributed by atoms with Crippen molar-refractivity contribution in [2.24, 2.45) is 0 Å². The van der Waals surface area contributed by atoms with E-state index in [0.717, 1.165) is 0 Å². The molecule has 108 valence electrons. The average Bonchev–Trinajstić information content (AvgIpc) is 2.36. The Labute approximate surface area is 123 Å². The van der Waals surface area contributed by atoms with Crippen LogP contribution in [0.1, 0.15) is 23.7 Å². The van der Waals surface area contributed by atoms with Crippen molar-refractivity contribution in [1.82, 2.24) is 0 Å². The number of alkyl halides is 3. The average molecular weight is 326 g/mol. The first-order chi connectivity index (χ1) is 8.77. The summed E-state index contributed by atoms with van der Waals surface area (Å²) in [4.78, 5) is 3.05. The van der Waals surface area contributed by atoms with E-state index in [2.05, 4.69) is 4.85 Å². The normalized spacial score (nSPS) is 13.6. The largest absolute Gasteiger partial charge is 0.414 e. The molecule has 0 spiro atoms. The molecule has 4 nitrogen and oxygen atoms in total. The van der Waals surface area contributed by atoms with Crippen molar-refractivity contribution < 1.29 is 40.5 Å². The Hall–Kier alpha value is -1.57. The van der Waals surface area contributed by atoms with Crippen molar-refractivity contribution >= 4 is 5.69 Å². The molecule has 0 saturated heterocycles. The zero-order chi connectivity index (χ0) is 14.6. The maximum atomic E-state index is 12.2. The van der Waals surface area contributed by atoms with Crippen molar-refractivity contribution in [2.75, 3.05) is 0 Å². The molecule has 0 radical (unpaired) electrons. The van der Waals surface area contributed by atoms with Gasteiger partial charge in [0.15, 0.2) is 11.8 Å². The van der Waals surface area contributed by atoms with Crippen LogP contribution in [0.2, 0.25) is 0 Å². The number of benzene rings is 1. The van der Waals surface area contributed by atoms with Crippen molar-refractivity contribution in [3.05, 3.63) is 40.7 Å². The maximum absolute atomic E-state index is 12.2. The maximum Gasteiger partial charge on any atom is 0.414 e. The Morgan fingerprint density at radius 3 is 2.35 bits per heavy atom. The molecule has 1 aromatic rings. The molecule has 1 rings (SSSR count). The van der Waals surface area contributed by atoms with Gasteiger partial charge in [0, 0.05) is 29.1 Å². The van der Waals surface area contributed by atoms with Crippen molar-refractivity contribution in [2.45, 2.75) is 24.8 Å². The number of hydrogen-bond donors (Lipinski definition) is 2. The summed E-state index contributed by atoms with van der Waals surface area (Å²) >= 11 is 0. The number of aliphatic hydroxyl groups is 2. The first kappa shape index (κ1) is 18.4. The van der Waals surface area contributed by atoms with Crippen molar-refractivity contribution in [3.8, 4) is 6.07 Å². The van der Waals surface area contributed by atoms with E-state index >= 15 is 0 Å². The standard InChI is InChI=1S/C12H9F3N2O2.Fe/c1-17-9-3-7(6-16)2-8(4-9)10(18)5-11(19)12(13,14)15;/h2-4,10-11,18-19H,5H2;. The second-order valence-corrected chi connectivity index (χ2v) is 3.85. The van der Waals surface area contributed by atoms with Gasteiger partial charge in [-0.3, -0.25) is 0 Å². The molecule has 0 heterocycles. The predicted octanol–water partition coefficient (Wildman–Crippen LogP) is 2.45. The molecule has 0 saturated carbocycles. The molecule has 2 N–H and O–H groups in total. The Morgan fingerprint density at radius 1 is 1.30 bits per heavy atom. The van der Waals surface area contributed by atoms with Crippen LogP contribution in [0, 0.1) is 17.9 Å². The fourth-order valence-electron chi connectivity index (χ4n) is 1.44. The number of nitriles is 1. The Morgan fingerprint density at radius 2 is 1.90 bits per heavy atom. The van der Waals surface area contributed by atoms with Gasteiger partial charge in [-0.15, -0.1) is 0 Å². The molecular weight excluding hydrogens is 317 g/mol. The molecule has 2 unspecified atom stereocenters. The molecule has 0 fully saturated rings. The minimum absolute atomic E-state index is 0. The van der Waals surface area contributed by atoms with Crippen LogP contribution >= 0.6 is 0 Å². The summed E-state index contributed by atoms with van der Waals surface area (Å²) in [6.45, 7) is 6.80. The Balaban J connectivity index is 0.00000361. The van der Waals surface area contributed by atoms with Crippen molar-refractivity contribution in [3.63, 3.8) is 0 Å². The van der Waals surface area contributed by atoms with Gasteiger partial charge < -0.3 is 10.2 Å². The zero-order valence-corrected chi connectivity index (χ0v) is 11.0. The zero-order valence-electron chi connectivity index (χ0n) is 9.87. The van der Waals surface area contributed by atoms with Gasteiger partial charge in [-0.25, -0.2) is 4.85 Å². The van der Waals surface area contributed by atoms with E-state index < -0.39 is 24.8 Å². The van der Waals surface area contributed by atoms with Gasteiger partial charge in [-0.05, 0) is 17.7 Å². The molecule has 0 aliphatic heterocycles. The number of nitrogens with zero attached hydrogens (tertiary/aromatic N) is 2. The van der Waals surface area contributed by atoms with Crippen LogP contribution < -0.4 is 0 Å². The second kappa shape index (κ2) is 7.28. The van der Waals surface area contributed by atoms with Gasteiger partial charge in [0.25, 0.3) is 0 Å². The summed E-state index contributed by atoms with van der Waals surface area (Å²) in [7, 11) is 0. The van der Waals surface area contributed by atoms with E-state index in [4.69, 9.17) is 16.9 Å². The van der Waals surface area contributed by atoms with E-state index in [0.29, 0.717) is 0 Å². The molecule has 0 amide bonds. The first-order valence-electron chi connectivity index (χ1n) is 5.13. The SMILES string of the molecule is [C-]#[N+]c1cc(C#N)cc(C(O)CC(O)C(F)(F)F)c1.[Fe]. The second-order valence-electron chi connectivity index (χ2n) is 3.85. The van der Waals surface area contributed by atoms with Gasteiger partial charge >= 0.3 is 6.18 Å². The van der Waals surface area contributed by atoms with Gasteiger partial charge in [0.05, 0.1) is 18.7 Å². The van der Waals surface area contributed by atoms with Crippen LogP contribution in [-0.4, -0.2) is 22.5 Å². The van der Waals surface area contributed by atoms with Gasteiger partial charge in [-0.1, -0.05) is 6.07 Å². The van der Waals surface area contributed by atoms with E-state index in [1.165, 1.54) is 18.2 Å². The van der Waals surface area contributed by atoms with Gasteiger partial charge in [0.1, 0.15) is 0 Å². The first-order valence-corrected chi connectivity index (χ1v) is 5.13. The Kier molecular flexibility index (Phi) is 6.70. The summed E-state index contributed by atoms with van der Waals surface area (Å²) in [6, 6.07) is 5.36. The molecule has 0 bridgehead atoms. The van der Waals surface area contributed by atoms with E-state index in [1.807, 2.05) is 0 Å². The molecule has 8 heteroatoms. The van der Waals surface area contributed by atoms with E-state index in [-0.39, 0.29) is 33.9 Å². The summed E-state index contributed by atoms with van der Waals surface area (Å²) in [5.41, 5.74) is 0.0898. The van der Waals surface area contributed by atoms with Crippen LogP contribution in [0.25, 0.3) is 4.85 Å². The fraction of sp³-hybridized carbons (Fsp3) is 0.333. The molecule has 0 aliphatic carbocycles. The number of hydrogen-bond acceptors (Lipinski definition) is 3. The smallest absolute Gasteiger partial charge is 0.388 e. The summed E-state index contributed by atoms with van der Waals surface area (Å²) in [6.07, 6.45) is -10.0. The molecule has 2 atom stereocenters. The van der Waals surface area contributed by atoms with Crippen LogP contribution in [0.3, 0.4) is 0 Å². The van der Waals surface area contributed by atoms with Crippen LogP contribution in [0.15, 0.2) is 18.2 Å². The van der Waals surface area contributed by atoms with Gasteiger partial charge in [-0.2, -0.15) is 18.4 Å². The predicted molar refractivity (Wildman–Crippen MR) is 59.1 cm³/mol. The van der Waals surface area contributed by atoms with Crippen molar-refractivity contribution in [1.29, 1.82) is 5.26 Å². The third-order valence-corrected chi connectivity index (χ3v) is 2.41. The number of aliphatic hydroxyl groups excluding tert-OH is 2. The van der Waals surface area contributed by atoms with E-state index in [1.54, 1.807) is 6.07 Å². The molecule has 1 aromatic carbocycles. The molecule has 0 aliphatic rings. The molecule has 0 aromatic heterocycles. The number of rotatable bonds is 3. The number of halogens is 3. The van der Waals surface area contributed by atoms with E-state index in [9.17, 15) is 18.3 Å². The summed E-state index contributed by atoms with van der Waals surface area (Å²) < 4.78 is 36.5. The van der Waals surface area contributed by atoms with Crippen LogP contribution in [-0.2, 0) is 17.1 Å². The molecule has 20 heavy (non-hydrogen) atoms. The third-order valence-electron chi connectivity index (χ3n) is 2.41. The monoisotopic (exact) mass is 326 g/mol. The topological polar surface area (TPSA) is 68.6 Å². The minimum Gasteiger partial charge on any atom is -0.388 e. The minimum atomic E-state index is -4.82.